The highest BCUT2D eigenvalue weighted by atomic mass is 35.5. The summed E-state index contributed by atoms with van der Waals surface area (Å²) < 4.78 is 26.8. The van der Waals surface area contributed by atoms with E-state index < -0.39 is 22.0 Å². The number of nitrogens with one attached hydrogen (secondary N) is 2. The Balaban J connectivity index is 2.10. The molecule has 1 aromatic carbocycles. The van der Waals surface area contributed by atoms with Gasteiger partial charge in [0.15, 0.2) is 0 Å². The zero-order valence-corrected chi connectivity index (χ0v) is 14.3. The average molecular weight is 374 g/mol. The normalized spacial score (nSPS) is 12.7. The molecular formula is C14H13Cl2N3O3S. The minimum Gasteiger partial charge on any atom is -0.323 e. The van der Waals surface area contributed by atoms with Crippen LogP contribution < -0.4 is 10.0 Å². The summed E-state index contributed by atoms with van der Waals surface area (Å²) in [6, 6.07) is 6.21. The molecule has 1 atom stereocenters. The van der Waals surface area contributed by atoms with Gasteiger partial charge < -0.3 is 5.32 Å². The third-order valence-electron chi connectivity index (χ3n) is 2.86. The van der Waals surface area contributed by atoms with Gasteiger partial charge in [0.1, 0.15) is 0 Å². The monoisotopic (exact) mass is 373 g/mol. The van der Waals surface area contributed by atoms with E-state index in [4.69, 9.17) is 23.2 Å². The van der Waals surface area contributed by atoms with Crippen LogP contribution in [0.2, 0.25) is 10.0 Å². The van der Waals surface area contributed by atoms with E-state index >= 15 is 0 Å². The molecule has 0 spiro atoms. The van der Waals surface area contributed by atoms with E-state index in [1.165, 1.54) is 31.3 Å². The van der Waals surface area contributed by atoms with E-state index in [-0.39, 0.29) is 14.9 Å². The second kappa shape index (κ2) is 7.27. The Hall–Kier alpha value is -1.67. The third kappa shape index (κ3) is 4.65. The fourth-order valence-electron chi connectivity index (χ4n) is 1.69. The van der Waals surface area contributed by atoms with Gasteiger partial charge in [0.25, 0.3) is 0 Å². The molecule has 1 heterocycles. The van der Waals surface area contributed by atoms with E-state index in [1.807, 2.05) is 0 Å². The number of hydrogen-bond acceptors (Lipinski definition) is 4. The molecule has 2 N–H and O–H groups in total. The van der Waals surface area contributed by atoms with Crippen molar-refractivity contribution in [3.63, 3.8) is 0 Å². The van der Waals surface area contributed by atoms with Crippen molar-refractivity contribution in [2.24, 2.45) is 0 Å². The highest BCUT2D eigenvalue weighted by Gasteiger charge is 2.22. The van der Waals surface area contributed by atoms with Crippen LogP contribution in [-0.4, -0.2) is 25.4 Å². The van der Waals surface area contributed by atoms with E-state index in [2.05, 4.69) is 15.0 Å². The quantitative estimate of drug-likeness (QED) is 0.842. The van der Waals surface area contributed by atoms with Crippen molar-refractivity contribution in [2.45, 2.75) is 17.9 Å². The molecule has 1 amide bonds. The molecule has 2 rings (SSSR count). The number of aromatic nitrogens is 1. The summed E-state index contributed by atoms with van der Waals surface area (Å²) in [7, 11) is -3.91. The highest BCUT2D eigenvalue weighted by Crippen LogP contribution is 2.24. The molecule has 0 unspecified atom stereocenters. The minimum atomic E-state index is -3.91. The number of hydrogen-bond donors (Lipinski definition) is 2. The van der Waals surface area contributed by atoms with Gasteiger partial charge in [-0.05, 0) is 37.3 Å². The maximum absolute atomic E-state index is 12.3. The number of halogens is 2. The molecule has 0 saturated heterocycles. The molecule has 6 nitrogen and oxygen atoms in total. The zero-order chi connectivity index (χ0) is 17.0. The zero-order valence-electron chi connectivity index (χ0n) is 12.0. The Morgan fingerprint density at radius 1 is 1.22 bits per heavy atom. The molecule has 1 aromatic heterocycles. The lowest BCUT2D eigenvalue weighted by Crippen LogP contribution is -2.41. The van der Waals surface area contributed by atoms with Crippen LogP contribution in [0.25, 0.3) is 0 Å². The van der Waals surface area contributed by atoms with Crippen molar-refractivity contribution in [3.05, 3.63) is 52.8 Å². The van der Waals surface area contributed by atoms with Crippen LogP contribution in [-0.2, 0) is 14.8 Å². The lowest BCUT2D eigenvalue weighted by Gasteiger charge is -2.14. The number of benzene rings is 1. The Kier molecular flexibility index (Phi) is 5.59. The molecule has 9 heteroatoms. The summed E-state index contributed by atoms with van der Waals surface area (Å²) in [6.07, 6.45) is 3.02. The second-order valence-corrected chi connectivity index (χ2v) is 7.18. The van der Waals surface area contributed by atoms with Gasteiger partial charge in [-0.3, -0.25) is 9.78 Å². The van der Waals surface area contributed by atoms with Gasteiger partial charge >= 0.3 is 0 Å². The van der Waals surface area contributed by atoms with Gasteiger partial charge in [0.05, 0.1) is 32.9 Å². The van der Waals surface area contributed by atoms with Crippen molar-refractivity contribution in [2.75, 3.05) is 5.32 Å². The predicted octanol–water partition coefficient (Wildman–Crippen LogP) is 2.69. The van der Waals surface area contributed by atoms with Crippen molar-refractivity contribution in [1.29, 1.82) is 0 Å². The van der Waals surface area contributed by atoms with Crippen molar-refractivity contribution in [3.8, 4) is 0 Å². The molecule has 0 aliphatic rings. The minimum absolute atomic E-state index is 0.0760. The summed E-state index contributed by atoms with van der Waals surface area (Å²) in [5, 5.41) is 2.92. The molecular weight excluding hydrogens is 361 g/mol. The summed E-state index contributed by atoms with van der Waals surface area (Å²) in [5.74, 6) is -0.512. The number of anilines is 1. The van der Waals surface area contributed by atoms with E-state index in [9.17, 15) is 13.2 Å². The van der Waals surface area contributed by atoms with Crippen LogP contribution in [0.15, 0.2) is 47.6 Å². The summed E-state index contributed by atoms with van der Waals surface area (Å²) in [4.78, 5) is 15.8. The topological polar surface area (TPSA) is 88.2 Å². The van der Waals surface area contributed by atoms with Crippen LogP contribution in [0.4, 0.5) is 5.69 Å². The van der Waals surface area contributed by atoms with Crippen molar-refractivity contribution in [1.82, 2.24) is 9.71 Å². The SMILES string of the molecule is C[C@@H](NS(=O)(=O)c1ccc(Cl)c(Cl)c1)C(=O)Nc1cccnc1. The molecule has 0 saturated carbocycles. The third-order valence-corrected chi connectivity index (χ3v) is 5.13. The van der Waals surface area contributed by atoms with E-state index in [1.54, 1.807) is 18.3 Å². The van der Waals surface area contributed by atoms with Crippen molar-refractivity contribution < 1.29 is 13.2 Å². The number of carbonyl (C=O) groups excluding carboxylic acids is 1. The number of sulfonamides is 1. The van der Waals surface area contributed by atoms with Gasteiger partial charge in [-0.2, -0.15) is 4.72 Å². The van der Waals surface area contributed by atoms with Gasteiger partial charge in [-0.15, -0.1) is 0 Å². The summed E-state index contributed by atoms with van der Waals surface area (Å²) in [6.45, 7) is 1.43. The van der Waals surface area contributed by atoms with Gasteiger partial charge in [0, 0.05) is 6.20 Å². The predicted molar refractivity (Wildman–Crippen MR) is 89.1 cm³/mol. The maximum Gasteiger partial charge on any atom is 0.242 e. The first-order valence-corrected chi connectivity index (χ1v) is 8.72. The van der Waals surface area contributed by atoms with Gasteiger partial charge in [-0.1, -0.05) is 23.2 Å². The number of nitrogens with zero attached hydrogens (tertiary/aromatic N) is 1. The molecule has 0 radical (unpaired) electrons. The first kappa shape index (κ1) is 17.7. The first-order valence-electron chi connectivity index (χ1n) is 6.48. The second-order valence-electron chi connectivity index (χ2n) is 4.65. The Morgan fingerprint density at radius 3 is 2.57 bits per heavy atom. The molecule has 0 fully saturated rings. The fourth-order valence-corrected chi connectivity index (χ4v) is 3.28. The largest absolute Gasteiger partial charge is 0.323 e. The summed E-state index contributed by atoms with van der Waals surface area (Å²) in [5.41, 5.74) is 0.470. The number of amides is 1. The van der Waals surface area contributed by atoms with Crippen LogP contribution in [0.5, 0.6) is 0 Å². The molecule has 23 heavy (non-hydrogen) atoms. The van der Waals surface area contributed by atoms with Crippen molar-refractivity contribution >= 4 is 44.8 Å². The molecule has 0 aliphatic carbocycles. The first-order chi connectivity index (χ1) is 10.8. The van der Waals surface area contributed by atoms with E-state index in [0.29, 0.717) is 5.69 Å². The van der Waals surface area contributed by atoms with Gasteiger partial charge in [-0.25, -0.2) is 8.42 Å². The molecule has 2 aromatic rings. The maximum atomic E-state index is 12.3. The molecule has 122 valence electrons. The molecule has 0 bridgehead atoms. The van der Waals surface area contributed by atoms with Crippen LogP contribution >= 0.6 is 23.2 Å². The number of rotatable bonds is 5. The number of carbonyl (C=O) groups is 1. The average Bonchev–Trinajstić information content (AvgIpc) is 2.50. The Labute approximate surface area is 143 Å². The lowest BCUT2D eigenvalue weighted by atomic mass is 10.3. The Morgan fingerprint density at radius 2 is 1.96 bits per heavy atom. The summed E-state index contributed by atoms with van der Waals surface area (Å²) >= 11 is 11.6. The Bertz CT molecular complexity index is 813. The molecule has 0 aliphatic heterocycles. The smallest absolute Gasteiger partial charge is 0.242 e. The number of pyridine rings is 1. The fraction of sp³-hybridized carbons (Fsp3) is 0.143. The standard InChI is InChI=1S/C14H13Cl2N3O3S/c1-9(14(20)18-10-3-2-6-17-8-10)19-23(21,22)11-4-5-12(15)13(16)7-11/h2-9,19H,1H3,(H,18,20)/t9-/m1/s1. The lowest BCUT2D eigenvalue weighted by molar-refractivity contribution is -0.117. The van der Waals surface area contributed by atoms with Crippen LogP contribution in [0, 0.1) is 0 Å². The van der Waals surface area contributed by atoms with Crippen LogP contribution in [0.1, 0.15) is 6.92 Å². The van der Waals surface area contributed by atoms with E-state index in [0.717, 1.165) is 0 Å². The highest BCUT2D eigenvalue weighted by molar-refractivity contribution is 7.89. The van der Waals surface area contributed by atoms with Gasteiger partial charge in [0.2, 0.25) is 15.9 Å². The van der Waals surface area contributed by atoms with Crippen LogP contribution in [0.3, 0.4) is 0 Å².